The Morgan fingerprint density at radius 3 is 2.44 bits per heavy atom. The number of likely N-dealkylation sites (tertiary alicyclic amines) is 1. The summed E-state index contributed by atoms with van der Waals surface area (Å²) in [5, 5.41) is 2.95. The lowest BCUT2D eigenvalue weighted by molar-refractivity contribution is -0.913. The number of piperidine rings is 1. The number of quaternary nitrogens is 1. The Morgan fingerprint density at radius 2 is 1.80 bits per heavy atom. The highest BCUT2D eigenvalue weighted by Gasteiger charge is 2.56. The summed E-state index contributed by atoms with van der Waals surface area (Å²) >= 11 is 0. The second kappa shape index (κ2) is 6.45. The van der Waals surface area contributed by atoms with Crippen LogP contribution in [0.5, 0.6) is 0 Å². The predicted molar refractivity (Wildman–Crippen MR) is 94.9 cm³/mol. The number of carbonyl (C=O) groups is 2. The molecule has 2 heterocycles. The lowest BCUT2D eigenvalue weighted by Gasteiger charge is -2.31. The first-order valence-corrected chi connectivity index (χ1v) is 9.58. The normalized spacial score (nSPS) is 32.8. The van der Waals surface area contributed by atoms with Gasteiger partial charge in [0.25, 0.3) is 5.91 Å². The molecule has 5 heteroatoms. The third-order valence-corrected chi connectivity index (χ3v) is 6.26. The largest absolute Gasteiger partial charge is 0.329 e. The Hall–Kier alpha value is -1.88. The zero-order valence-electron chi connectivity index (χ0n) is 15.0. The van der Waals surface area contributed by atoms with Crippen molar-refractivity contribution in [1.29, 1.82) is 0 Å². The summed E-state index contributed by atoms with van der Waals surface area (Å²) in [6.45, 7) is 4.49. The third kappa shape index (κ3) is 3.30. The van der Waals surface area contributed by atoms with Crippen molar-refractivity contribution >= 4 is 11.9 Å². The molecule has 5 nitrogen and oxygen atoms in total. The van der Waals surface area contributed by atoms with Crippen LogP contribution in [0.4, 0.5) is 4.79 Å². The van der Waals surface area contributed by atoms with E-state index in [1.807, 2.05) is 6.92 Å². The summed E-state index contributed by atoms with van der Waals surface area (Å²) in [6, 6.07) is 10.5. The fraction of sp³-hybridized carbons (Fsp3) is 0.600. The van der Waals surface area contributed by atoms with Crippen LogP contribution in [0.15, 0.2) is 30.3 Å². The Balaban J connectivity index is 1.30. The molecule has 0 radical (unpaired) electrons. The van der Waals surface area contributed by atoms with Gasteiger partial charge < -0.3 is 10.2 Å². The van der Waals surface area contributed by atoms with E-state index in [9.17, 15) is 9.59 Å². The highest BCUT2D eigenvalue weighted by molar-refractivity contribution is 6.07. The molecule has 1 aromatic carbocycles. The number of hydrogen-bond donors (Lipinski definition) is 2. The van der Waals surface area contributed by atoms with Crippen LogP contribution >= 0.6 is 0 Å². The Morgan fingerprint density at radius 1 is 1.12 bits per heavy atom. The molecule has 3 aliphatic rings. The van der Waals surface area contributed by atoms with Crippen molar-refractivity contribution in [2.45, 2.75) is 44.6 Å². The van der Waals surface area contributed by atoms with Crippen LogP contribution in [0.25, 0.3) is 0 Å². The SMILES string of the molecule is C[C@]1(C2CC2)NC(=O)N(C[NH+]2CCC(Cc3ccccc3)CC2)C1=O. The molecule has 3 fully saturated rings. The molecule has 1 aliphatic carbocycles. The van der Waals surface area contributed by atoms with Gasteiger partial charge in [0.2, 0.25) is 0 Å². The van der Waals surface area contributed by atoms with Crippen molar-refractivity contribution in [2.75, 3.05) is 19.8 Å². The van der Waals surface area contributed by atoms with E-state index in [1.165, 1.54) is 15.4 Å². The number of hydrogen-bond acceptors (Lipinski definition) is 2. The Bertz CT molecular complexity index is 650. The van der Waals surface area contributed by atoms with Crippen LogP contribution in [-0.4, -0.2) is 42.1 Å². The molecule has 0 unspecified atom stereocenters. The number of rotatable bonds is 5. The van der Waals surface area contributed by atoms with Gasteiger partial charge in [-0.1, -0.05) is 30.3 Å². The Labute approximate surface area is 149 Å². The van der Waals surface area contributed by atoms with Crippen LogP contribution in [0, 0.1) is 11.8 Å². The predicted octanol–water partition coefficient (Wildman–Crippen LogP) is 1.20. The van der Waals surface area contributed by atoms with E-state index < -0.39 is 5.54 Å². The number of imide groups is 1. The van der Waals surface area contributed by atoms with Gasteiger partial charge in [-0.3, -0.25) is 4.79 Å². The maximum atomic E-state index is 12.7. The summed E-state index contributed by atoms with van der Waals surface area (Å²) in [4.78, 5) is 27.8. The third-order valence-electron chi connectivity index (χ3n) is 6.26. The van der Waals surface area contributed by atoms with Gasteiger partial charge >= 0.3 is 6.03 Å². The lowest BCUT2D eigenvalue weighted by atomic mass is 9.90. The first-order chi connectivity index (χ1) is 12.1. The molecule has 4 rings (SSSR count). The maximum absolute atomic E-state index is 12.7. The minimum atomic E-state index is -0.651. The molecular weight excluding hydrogens is 314 g/mol. The van der Waals surface area contributed by atoms with Crippen molar-refractivity contribution in [2.24, 2.45) is 11.8 Å². The second-order valence-electron chi connectivity index (χ2n) is 8.18. The molecule has 1 aromatic rings. The van der Waals surface area contributed by atoms with Crippen LogP contribution in [0.2, 0.25) is 0 Å². The molecule has 134 valence electrons. The van der Waals surface area contributed by atoms with Crippen LogP contribution in [0.1, 0.15) is 38.2 Å². The summed E-state index contributed by atoms with van der Waals surface area (Å²) in [5.41, 5.74) is 0.757. The molecule has 1 saturated carbocycles. The van der Waals surface area contributed by atoms with E-state index in [4.69, 9.17) is 0 Å². The van der Waals surface area contributed by atoms with E-state index in [2.05, 4.69) is 35.6 Å². The minimum absolute atomic E-state index is 0.0149. The molecule has 1 atom stereocenters. The fourth-order valence-corrected chi connectivity index (χ4v) is 4.42. The molecule has 2 saturated heterocycles. The van der Waals surface area contributed by atoms with Crippen molar-refractivity contribution in [3.63, 3.8) is 0 Å². The number of urea groups is 1. The highest BCUT2D eigenvalue weighted by atomic mass is 16.2. The van der Waals surface area contributed by atoms with E-state index >= 15 is 0 Å². The summed E-state index contributed by atoms with van der Waals surface area (Å²) < 4.78 is 0. The summed E-state index contributed by atoms with van der Waals surface area (Å²) in [5.74, 6) is 1.03. The number of nitrogens with zero attached hydrogens (tertiary/aromatic N) is 1. The van der Waals surface area contributed by atoms with Gasteiger partial charge in [-0.2, -0.15) is 0 Å². The van der Waals surface area contributed by atoms with Crippen LogP contribution < -0.4 is 10.2 Å². The fourth-order valence-electron chi connectivity index (χ4n) is 4.42. The van der Waals surface area contributed by atoms with Crippen molar-refractivity contribution in [3.05, 3.63) is 35.9 Å². The summed E-state index contributed by atoms with van der Waals surface area (Å²) in [6.07, 6.45) is 5.56. The maximum Gasteiger partial charge on any atom is 0.329 e. The molecule has 2 N–H and O–H groups in total. The minimum Gasteiger partial charge on any atom is -0.323 e. The molecular formula is C20H28N3O2+. The molecule has 0 spiro atoms. The van der Waals surface area contributed by atoms with Crippen molar-refractivity contribution < 1.29 is 14.5 Å². The smallest absolute Gasteiger partial charge is 0.323 e. The van der Waals surface area contributed by atoms with Gasteiger partial charge in [0.15, 0.2) is 6.67 Å². The van der Waals surface area contributed by atoms with Gasteiger partial charge in [-0.15, -0.1) is 0 Å². The van der Waals surface area contributed by atoms with E-state index in [1.54, 1.807) is 0 Å². The van der Waals surface area contributed by atoms with Gasteiger partial charge in [0.05, 0.1) is 13.1 Å². The molecule has 0 aromatic heterocycles. The second-order valence-corrected chi connectivity index (χ2v) is 8.18. The van der Waals surface area contributed by atoms with Crippen LogP contribution in [0.3, 0.4) is 0 Å². The average molecular weight is 342 g/mol. The zero-order valence-corrected chi connectivity index (χ0v) is 15.0. The average Bonchev–Trinajstić information content (AvgIpc) is 3.44. The van der Waals surface area contributed by atoms with Crippen LogP contribution in [-0.2, 0) is 11.2 Å². The number of amides is 3. The van der Waals surface area contributed by atoms with Gasteiger partial charge in [0.1, 0.15) is 5.54 Å². The van der Waals surface area contributed by atoms with Gasteiger partial charge in [-0.05, 0) is 56.4 Å². The number of benzene rings is 1. The first kappa shape index (κ1) is 16.6. The number of carbonyl (C=O) groups excluding carboxylic acids is 2. The van der Waals surface area contributed by atoms with Crippen molar-refractivity contribution in [1.82, 2.24) is 10.2 Å². The summed E-state index contributed by atoms with van der Waals surface area (Å²) in [7, 11) is 0. The molecule has 0 bridgehead atoms. The topological polar surface area (TPSA) is 53.9 Å². The first-order valence-electron chi connectivity index (χ1n) is 9.58. The van der Waals surface area contributed by atoms with Crippen molar-refractivity contribution in [3.8, 4) is 0 Å². The standard InChI is InChI=1S/C20H27N3O2/c1-20(17-7-8-17)18(24)23(19(25)21-20)14-22-11-9-16(10-12-22)13-15-5-3-2-4-6-15/h2-6,16-17H,7-14H2,1H3,(H,21,25)/p+1/t20-/m1/s1. The monoisotopic (exact) mass is 342 g/mol. The van der Waals surface area contributed by atoms with Gasteiger partial charge in [-0.25, -0.2) is 9.69 Å². The van der Waals surface area contributed by atoms with E-state index in [-0.39, 0.29) is 11.9 Å². The zero-order chi connectivity index (χ0) is 17.4. The Kier molecular flexibility index (Phi) is 4.28. The highest BCUT2D eigenvalue weighted by Crippen LogP contribution is 2.42. The van der Waals surface area contributed by atoms with Gasteiger partial charge in [0, 0.05) is 0 Å². The molecule has 25 heavy (non-hydrogen) atoms. The number of nitrogens with one attached hydrogen (secondary N) is 2. The molecule has 2 aliphatic heterocycles. The lowest BCUT2D eigenvalue weighted by Crippen LogP contribution is -3.14. The molecule has 3 amide bonds. The quantitative estimate of drug-likeness (QED) is 0.790. The van der Waals surface area contributed by atoms with E-state index in [0.29, 0.717) is 18.5 Å². The van der Waals surface area contributed by atoms with E-state index in [0.717, 1.165) is 45.2 Å².